The highest BCUT2D eigenvalue weighted by Gasteiger charge is 2.20. The van der Waals surface area contributed by atoms with Gasteiger partial charge in [0.15, 0.2) is 5.03 Å². The van der Waals surface area contributed by atoms with Crippen molar-refractivity contribution in [2.45, 2.75) is 5.03 Å². The third kappa shape index (κ3) is 3.51. The van der Waals surface area contributed by atoms with E-state index in [2.05, 4.69) is 25.1 Å². The second kappa shape index (κ2) is 6.96. The van der Waals surface area contributed by atoms with Crippen LogP contribution in [0.25, 0.3) is 33.8 Å². The van der Waals surface area contributed by atoms with Crippen LogP contribution in [0.15, 0.2) is 60.1 Å². The molecule has 0 saturated heterocycles. The minimum absolute atomic E-state index is 0.180. The molecule has 5 N–H and O–H groups in total. The van der Waals surface area contributed by atoms with Crippen LogP contribution in [-0.2, 0) is 10.1 Å². The number of pyridine rings is 1. The number of nitrogens with two attached hydrogens (primary N) is 1. The van der Waals surface area contributed by atoms with Crippen molar-refractivity contribution in [3.63, 3.8) is 0 Å². The highest BCUT2D eigenvalue weighted by atomic mass is 32.2. The van der Waals surface area contributed by atoms with Gasteiger partial charge in [-0.2, -0.15) is 13.5 Å². The Morgan fingerprint density at radius 3 is 2.45 bits per heavy atom. The number of amides is 1. The molecule has 0 unspecified atom stereocenters. The van der Waals surface area contributed by atoms with Gasteiger partial charge in [-0.05, 0) is 35.9 Å². The summed E-state index contributed by atoms with van der Waals surface area (Å²) in [5.74, 6) is -0.445. The zero-order valence-electron chi connectivity index (χ0n) is 14.7. The molecule has 1 aromatic carbocycles. The first kappa shape index (κ1) is 18.5. The predicted octanol–water partition coefficient (Wildman–Crippen LogP) is 1.87. The Morgan fingerprint density at radius 1 is 1.03 bits per heavy atom. The SMILES string of the molecule is NC(=O)c1ccc(-c2ncc(S(=O)(=O)O)[nH]2)c(-c2[nH]ncc2-c2ccncc2)c1. The molecular weight excluding hydrogens is 396 g/mol. The number of primary amides is 1. The molecule has 0 bridgehead atoms. The second-order valence-corrected chi connectivity index (χ2v) is 7.48. The number of imidazole rings is 1. The monoisotopic (exact) mass is 410 g/mol. The summed E-state index contributed by atoms with van der Waals surface area (Å²) in [5, 5.41) is 6.55. The highest BCUT2D eigenvalue weighted by molar-refractivity contribution is 7.85. The van der Waals surface area contributed by atoms with Crippen molar-refractivity contribution in [3.05, 3.63) is 60.7 Å². The van der Waals surface area contributed by atoms with Gasteiger partial charge in [-0.1, -0.05) is 0 Å². The maximum Gasteiger partial charge on any atom is 0.311 e. The van der Waals surface area contributed by atoms with Crippen molar-refractivity contribution in [3.8, 4) is 33.8 Å². The van der Waals surface area contributed by atoms with Crippen LogP contribution in [0.3, 0.4) is 0 Å². The van der Waals surface area contributed by atoms with E-state index in [1.54, 1.807) is 42.9 Å². The van der Waals surface area contributed by atoms with E-state index in [1.807, 2.05) is 0 Å². The molecule has 4 rings (SSSR count). The molecule has 29 heavy (non-hydrogen) atoms. The van der Waals surface area contributed by atoms with E-state index in [9.17, 15) is 17.8 Å². The number of hydrogen-bond donors (Lipinski definition) is 4. The zero-order valence-corrected chi connectivity index (χ0v) is 15.5. The lowest BCUT2D eigenvalue weighted by Crippen LogP contribution is -2.11. The largest absolute Gasteiger partial charge is 0.366 e. The molecule has 0 aliphatic heterocycles. The number of H-pyrrole nitrogens is 2. The van der Waals surface area contributed by atoms with E-state index in [0.717, 1.165) is 17.3 Å². The Hall–Kier alpha value is -3.83. The molecule has 0 radical (unpaired) electrons. The predicted molar refractivity (Wildman–Crippen MR) is 103 cm³/mol. The molecule has 0 fully saturated rings. The summed E-state index contributed by atoms with van der Waals surface area (Å²) in [6.07, 6.45) is 5.90. The Bertz CT molecular complexity index is 1310. The Morgan fingerprint density at radius 2 is 1.79 bits per heavy atom. The maximum atomic E-state index is 11.7. The fraction of sp³-hybridized carbons (Fsp3) is 0. The molecule has 0 saturated carbocycles. The smallest absolute Gasteiger partial charge is 0.311 e. The zero-order chi connectivity index (χ0) is 20.6. The molecule has 0 atom stereocenters. The van der Waals surface area contributed by atoms with E-state index in [4.69, 9.17) is 5.73 Å². The van der Waals surface area contributed by atoms with Crippen molar-refractivity contribution >= 4 is 16.0 Å². The van der Waals surface area contributed by atoms with Gasteiger partial charge in [0, 0.05) is 34.6 Å². The van der Waals surface area contributed by atoms with Gasteiger partial charge in [-0.3, -0.25) is 19.4 Å². The number of nitrogens with zero attached hydrogens (tertiary/aromatic N) is 3. The van der Waals surface area contributed by atoms with Crippen LogP contribution >= 0.6 is 0 Å². The quantitative estimate of drug-likeness (QED) is 0.364. The third-order valence-electron chi connectivity index (χ3n) is 4.29. The summed E-state index contributed by atoms with van der Waals surface area (Å²) in [4.78, 5) is 22.3. The van der Waals surface area contributed by atoms with Crippen molar-refractivity contribution in [2.75, 3.05) is 0 Å². The van der Waals surface area contributed by atoms with Gasteiger partial charge in [0.05, 0.1) is 18.1 Å². The summed E-state index contributed by atoms with van der Waals surface area (Å²) >= 11 is 0. The van der Waals surface area contributed by atoms with E-state index >= 15 is 0 Å². The molecule has 3 heterocycles. The maximum absolute atomic E-state index is 11.7. The van der Waals surface area contributed by atoms with E-state index in [1.165, 1.54) is 6.07 Å². The normalized spacial score (nSPS) is 11.5. The number of aromatic amines is 2. The summed E-state index contributed by atoms with van der Waals surface area (Å²) in [7, 11) is -4.45. The topological polar surface area (TPSA) is 168 Å². The van der Waals surface area contributed by atoms with Crippen LogP contribution in [0.5, 0.6) is 0 Å². The first-order valence-corrected chi connectivity index (χ1v) is 9.69. The summed E-state index contributed by atoms with van der Waals surface area (Å²) in [6.45, 7) is 0. The van der Waals surface area contributed by atoms with Gasteiger partial charge >= 0.3 is 10.1 Å². The molecule has 3 aromatic heterocycles. The fourth-order valence-corrected chi connectivity index (χ4v) is 3.34. The molecule has 10 nitrogen and oxygen atoms in total. The number of hydrogen-bond acceptors (Lipinski definition) is 6. The number of carbonyl (C=O) groups excluding carboxylic acids is 1. The van der Waals surface area contributed by atoms with Crippen molar-refractivity contribution in [1.82, 2.24) is 25.1 Å². The van der Waals surface area contributed by atoms with Gasteiger partial charge in [0.1, 0.15) is 5.82 Å². The number of benzene rings is 1. The van der Waals surface area contributed by atoms with Crippen LogP contribution in [0.1, 0.15) is 10.4 Å². The minimum atomic E-state index is -4.45. The van der Waals surface area contributed by atoms with Crippen molar-refractivity contribution < 1.29 is 17.8 Å². The Labute approximate surface area is 164 Å². The third-order valence-corrected chi connectivity index (χ3v) is 5.05. The van der Waals surface area contributed by atoms with E-state index in [0.29, 0.717) is 16.8 Å². The lowest BCUT2D eigenvalue weighted by molar-refractivity contribution is 0.100. The van der Waals surface area contributed by atoms with E-state index in [-0.39, 0.29) is 11.4 Å². The van der Waals surface area contributed by atoms with Crippen LogP contribution in [0.4, 0.5) is 0 Å². The van der Waals surface area contributed by atoms with Crippen molar-refractivity contribution in [2.24, 2.45) is 5.73 Å². The molecular formula is C18H14N6O4S. The summed E-state index contributed by atoms with van der Waals surface area (Å²) in [5.41, 5.74) is 8.80. The number of carbonyl (C=O) groups is 1. The molecule has 4 aromatic rings. The van der Waals surface area contributed by atoms with Crippen LogP contribution < -0.4 is 5.73 Å². The van der Waals surface area contributed by atoms with Gasteiger partial charge in [0.25, 0.3) is 0 Å². The molecule has 146 valence electrons. The lowest BCUT2D eigenvalue weighted by Gasteiger charge is -2.10. The second-order valence-electron chi connectivity index (χ2n) is 6.09. The lowest BCUT2D eigenvalue weighted by atomic mass is 9.96. The molecule has 0 aliphatic carbocycles. The average molecular weight is 410 g/mol. The molecule has 0 spiro atoms. The summed E-state index contributed by atoms with van der Waals surface area (Å²) < 4.78 is 32.0. The minimum Gasteiger partial charge on any atom is -0.366 e. The van der Waals surface area contributed by atoms with Gasteiger partial charge in [0.2, 0.25) is 5.91 Å². The van der Waals surface area contributed by atoms with Crippen molar-refractivity contribution in [1.29, 1.82) is 0 Å². The highest BCUT2D eigenvalue weighted by Crippen LogP contribution is 2.36. The standard InChI is InChI=1S/C18H14N6O4S/c19-17(25)11-1-2-12(18-21-9-15(23-18)29(26,27)28)13(7-11)16-14(8-22-24-16)10-3-5-20-6-4-10/h1-9H,(H2,19,25)(H,21,23)(H,22,24)(H,26,27,28). The molecule has 1 amide bonds. The van der Waals surface area contributed by atoms with Gasteiger partial charge in [-0.25, -0.2) is 4.98 Å². The number of aromatic nitrogens is 5. The average Bonchev–Trinajstić information content (AvgIpc) is 3.37. The van der Waals surface area contributed by atoms with Crippen LogP contribution in [-0.4, -0.2) is 44.0 Å². The van der Waals surface area contributed by atoms with Crippen LogP contribution in [0, 0.1) is 0 Å². The molecule has 0 aliphatic rings. The van der Waals surface area contributed by atoms with Gasteiger partial charge < -0.3 is 10.7 Å². The first-order chi connectivity index (χ1) is 13.8. The number of nitrogens with one attached hydrogen (secondary N) is 2. The van der Waals surface area contributed by atoms with E-state index < -0.39 is 21.1 Å². The fourth-order valence-electron chi connectivity index (χ4n) is 2.93. The Balaban J connectivity index is 1.94. The number of rotatable bonds is 5. The van der Waals surface area contributed by atoms with Crippen LogP contribution in [0.2, 0.25) is 0 Å². The van der Waals surface area contributed by atoms with Gasteiger partial charge in [-0.15, -0.1) is 0 Å². The first-order valence-electron chi connectivity index (χ1n) is 8.25. The molecule has 11 heteroatoms. The Kier molecular flexibility index (Phi) is 4.45. The summed E-state index contributed by atoms with van der Waals surface area (Å²) in [6, 6.07) is 8.24.